The topological polar surface area (TPSA) is 102 Å². The Balaban J connectivity index is 1.80. The standard InChI is InChI=1S/C17H17N5O3/c1-25-15-10-6-5-9-13(15)18-17(24)14(11-23)22-20-16(19-21-22)12-7-3-2-4-8-12/h2-10,14,23H,11H2,1H3,(H,18,24). The van der Waals surface area contributed by atoms with Crippen molar-refractivity contribution < 1.29 is 14.6 Å². The fourth-order valence-electron chi connectivity index (χ4n) is 2.28. The van der Waals surface area contributed by atoms with Gasteiger partial charge in [0.1, 0.15) is 5.75 Å². The van der Waals surface area contributed by atoms with E-state index in [4.69, 9.17) is 4.74 Å². The number of ether oxygens (including phenoxy) is 1. The van der Waals surface area contributed by atoms with Crippen LogP contribution in [0.15, 0.2) is 54.6 Å². The third kappa shape index (κ3) is 3.64. The Morgan fingerprint density at radius 1 is 1.20 bits per heavy atom. The maximum atomic E-state index is 12.5. The molecule has 0 saturated heterocycles. The zero-order valence-electron chi connectivity index (χ0n) is 13.5. The molecule has 8 nitrogen and oxygen atoms in total. The first kappa shape index (κ1) is 16.6. The summed E-state index contributed by atoms with van der Waals surface area (Å²) in [5, 5.41) is 24.4. The van der Waals surface area contributed by atoms with Gasteiger partial charge in [-0.1, -0.05) is 42.5 Å². The number of carbonyl (C=O) groups is 1. The highest BCUT2D eigenvalue weighted by Gasteiger charge is 2.24. The van der Waals surface area contributed by atoms with Gasteiger partial charge in [0, 0.05) is 5.56 Å². The third-order valence-electron chi connectivity index (χ3n) is 3.58. The van der Waals surface area contributed by atoms with Crippen molar-refractivity contribution in [1.29, 1.82) is 0 Å². The number of para-hydroxylation sites is 2. The number of methoxy groups -OCH3 is 1. The predicted molar refractivity (Wildman–Crippen MR) is 91.0 cm³/mol. The highest BCUT2D eigenvalue weighted by Crippen LogP contribution is 2.24. The van der Waals surface area contributed by atoms with Gasteiger partial charge in [-0.3, -0.25) is 4.79 Å². The summed E-state index contributed by atoms with van der Waals surface area (Å²) in [7, 11) is 1.51. The minimum Gasteiger partial charge on any atom is -0.495 e. The van der Waals surface area contributed by atoms with E-state index in [1.54, 1.807) is 24.3 Å². The summed E-state index contributed by atoms with van der Waals surface area (Å²) in [4.78, 5) is 13.6. The quantitative estimate of drug-likeness (QED) is 0.706. The zero-order valence-corrected chi connectivity index (χ0v) is 13.5. The first-order valence-corrected chi connectivity index (χ1v) is 7.62. The monoisotopic (exact) mass is 339 g/mol. The summed E-state index contributed by atoms with van der Waals surface area (Å²) < 4.78 is 5.20. The molecule has 3 aromatic rings. The lowest BCUT2D eigenvalue weighted by Crippen LogP contribution is -2.30. The molecule has 0 aliphatic carbocycles. The number of tetrazole rings is 1. The van der Waals surface area contributed by atoms with Crippen LogP contribution in [0, 0.1) is 0 Å². The van der Waals surface area contributed by atoms with Crippen LogP contribution < -0.4 is 10.1 Å². The normalized spacial score (nSPS) is 11.8. The van der Waals surface area contributed by atoms with Gasteiger partial charge in [0.2, 0.25) is 5.82 Å². The second-order valence-corrected chi connectivity index (χ2v) is 5.19. The van der Waals surface area contributed by atoms with Crippen molar-refractivity contribution in [3.63, 3.8) is 0 Å². The molecule has 8 heteroatoms. The molecule has 0 saturated carbocycles. The van der Waals surface area contributed by atoms with Crippen LogP contribution in [-0.4, -0.2) is 44.9 Å². The van der Waals surface area contributed by atoms with Crippen LogP contribution >= 0.6 is 0 Å². The molecule has 25 heavy (non-hydrogen) atoms. The SMILES string of the molecule is COc1ccccc1NC(=O)C(CO)n1nnc(-c2ccccc2)n1. The Labute approximate surface area is 144 Å². The lowest BCUT2D eigenvalue weighted by molar-refractivity contribution is -0.121. The van der Waals surface area contributed by atoms with Gasteiger partial charge >= 0.3 is 0 Å². The third-order valence-corrected chi connectivity index (χ3v) is 3.58. The molecule has 0 fully saturated rings. The van der Waals surface area contributed by atoms with E-state index >= 15 is 0 Å². The molecular weight excluding hydrogens is 322 g/mol. The smallest absolute Gasteiger partial charge is 0.253 e. The first-order chi connectivity index (χ1) is 12.2. The Kier molecular flexibility index (Phi) is 5.00. The van der Waals surface area contributed by atoms with E-state index in [1.807, 2.05) is 30.3 Å². The van der Waals surface area contributed by atoms with E-state index < -0.39 is 18.6 Å². The summed E-state index contributed by atoms with van der Waals surface area (Å²) >= 11 is 0. The molecule has 0 aliphatic heterocycles. The first-order valence-electron chi connectivity index (χ1n) is 7.62. The van der Waals surface area contributed by atoms with Crippen molar-refractivity contribution in [2.24, 2.45) is 0 Å². The van der Waals surface area contributed by atoms with Crippen molar-refractivity contribution in [3.8, 4) is 17.1 Å². The summed E-state index contributed by atoms with van der Waals surface area (Å²) in [6.07, 6.45) is 0. The summed E-state index contributed by atoms with van der Waals surface area (Å²) in [6, 6.07) is 15.3. The van der Waals surface area contributed by atoms with Crippen molar-refractivity contribution >= 4 is 11.6 Å². The summed E-state index contributed by atoms with van der Waals surface area (Å²) in [6.45, 7) is -0.467. The Morgan fingerprint density at radius 2 is 1.92 bits per heavy atom. The molecule has 1 atom stereocenters. The Bertz CT molecular complexity index is 850. The summed E-state index contributed by atoms with van der Waals surface area (Å²) in [5.74, 6) is 0.428. The fourth-order valence-corrected chi connectivity index (χ4v) is 2.28. The zero-order chi connectivity index (χ0) is 17.6. The number of amides is 1. The highest BCUT2D eigenvalue weighted by atomic mass is 16.5. The van der Waals surface area contributed by atoms with E-state index in [0.717, 1.165) is 10.4 Å². The highest BCUT2D eigenvalue weighted by molar-refractivity contribution is 5.95. The second kappa shape index (κ2) is 7.54. The van der Waals surface area contributed by atoms with Crippen LogP contribution in [0.1, 0.15) is 6.04 Å². The lowest BCUT2D eigenvalue weighted by atomic mass is 10.2. The van der Waals surface area contributed by atoms with Gasteiger partial charge in [-0.25, -0.2) is 0 Å². The number of rotatable bonds is 6. The molecule has 128 valence electrons. The number of nitrogens with zero attached hydrogens (tertiary/aromatic N) is 4. The van der Waals surface area contributed by atoms with Crippen LogP contribution in [0.2, 0.25) is 0 Å². The minimum atomic E-state index is -1.00. The summed E-state index contributed by atoms with van der Waals surface area (Å²) in [5.41, 5.74) is 1.27. The molecule has 0 bridgehead atoms. The largest absolute Gasteiger partial charge is 0.495 e. The number of carbonyl (C=O) groups excluding carboxylic acids is 1. The predicted octanol–water partition coefficient (Wildman–Crippen LogP) is 1.52. The molecule has 1 heterocycles. The number of aromatic nitrogens is 4. The van der Waals surface area contributed by atoms with Crippen molar-refractivity contribution in [3.05, 3.63) is 54.6 Å². The maximum Gasteiger partial charge on any atom is 0.253 e. The average Bonchev–Trinajstić information content (AvgIpc) is 3.13. The number of benzene rings is 2. The fraction of sp³-hybridized carbons (Fsp3) is 0.176. The van der Waals surface area contributed by atoms with Crippen molar-refractivity contribution in [2.45, 2.75) is 6.04 Å². The Morgan fingerprint density at radius 3 is 2.64 bits per heavy atom. The van der Waals surface area contributed by atoms with Crippen LogP contribution in [0.5, 0.6) is 5.75 Å². The van der Waals surface area contributed by atoms with Gasteiger partial charge in [-0.2, -0.15) is 0 Å². The number of anilines is 1. The molecule has 1 unspecified atom stereocenters. The number of aliphatic hydroxyl groups excluding tert-OH is 1. The molecule has 0 aliphatic rings. The molecule has 2 aromatic carbocycles. The number of nitrogens with one attached hydrogen (secondary N) is 1. The van der Waals surface area contributed by atoms with Gasteiger partial charge in [-0.05, 0) is 17.3 Å². The van der Waals surface area contributed by atoms with E-state index in [9.17, 15) is 9.90 Å². The van der Waals surface area contributed by atoms with Gasteiger partial charge in [-0.15, -0.1) is 15.0 Å². The molecule has 2 N–H and O–H groups in total. The molecule has 3 rings (SSSR count). The van der Waals surface area contributed by atoms with Gasteiger partial charge in [0.05, 0.1) is 19.4 Å². The molecule has 0 radical (unpaired) electrons. The second-order valence-electron chi connectivity index (χ2n) is 5.19. The molecule has 0 spiro atoms. The molecule has 1 amide bonds. The van der Waals surface area contributed by atoms with E-state index in [-0.39, 0.29) is 0 Å². The van der Waals surface area contributed by atoms with E-state index in [2.05, 4.69) is 20.7 Å². The maximum absolute atomic E-state index is 12.5. The van der Waals surface area contributed by atoms with Crippen LogP contribution in [0.25, 0.3) is 11.4 Å². The number of aliphatic hydroxyl groups is 1. The van der Waals surface area contributed by atoms with Crippen LogP contribution in [0.4, 0.5) is 5.69 Å². The van der Waals surface area contributed by atoms with Gasteiger partial charge < -0.3 is 15.2 Å². The van der Waals surface area contributed by atoms with E-state index in [0.29, 0.717) is 17.3 Å². The van der Waals surface area contributed by atoms with Crippen LogP contribution in [-0.2, 0) is 4.79 Å². The number of hydrogen-bond acceptors (Lipinski definition) is 6. The van der Waals surface area contributed by atoms with E-state index in [1.165, 1.54) is 7.11 Å². The van der Waals surface area contributed by atoms with Crippen LogP contribution in [0.3, 0.4) is 0 Å². The average molecular weight is 339 g/mol. The number of hydrogen-bond donors (Lipinski definition) is 2. The lowest BCUT2D eigenvalue weighted by Gasteiger charge is -2.14. The Hall–Kier alpha value is -3.26. The van der Waals surface area contributed by atoms with Gasteiger partial charge in [0.25, 0.3) is 5.91 Å². The van der Waals surface area contributed by atoms with Crippen molar-refractivity contribution in [2.75, 3.05) is 19.0 Å². The van der Waals surface area contributed by atoms with Crippen molar-refractivity contribution in [1.82, 2.24) is 20.2 Å². The minimum absolute atomic E-state index is 0.379. The van der Waals surface area contributed by atoms with Gasteiger partial charge in [0.15, 0.2) is 6.04 Å². The molecular formula is C17H17N5O3. The molecule has 1 aromatic heterocycles.